The molecule has 1 saturated carbocycles. The Kier molecular flexibility index (Phi) is 7.96. The van der Waals surface area contributed by atoms with Gasteiger partial charge < -0.3 is 10.3 Å². The first-order chi connectivity index (χ1) is 15.0. The van der Waals surface area contributed by atoms with E-state index in [1.54, 1.807) is 12.1 Å². The van der Waals surface area contributed by atoms with Crippen molar-refractivity contribution in [2.45, 2.75) is 44.1 Å². The highest BCUT2D eigenvalue weighted by molar-refractivity contribution is 5.85. The van der Waals surface area contributed by atoms with Gasteiger partial charge in [-0.15, -0.1) is 12.4 Å². The number of nitrogens with one attached hydrogen (secondary N) is 2. The van der Waals surface area contributed by atoms with Crippen LogP contribution in [-0.2, 0) is 16.8 Å². The van der Waals surface area contributed by atoms with Crippen LogP contribution in [0.3, 0.4) is 0 Å². The summed E-state index contributed by atoms with van der Waals surface area (Å²) in [6.07, 6.45) is 7.43. The number of H-pyrrole nitrogens is 1. The molecule has 0 spiro atoms. The number of benzene rings is 2. The quantitative estimate of drug-likeness (QED) is 0.497. The van der Waals surface area contributed by atoms with E-state index in [0.29, 0.717) is 18.9 Å². The highest BCUT2D eigenvalue weighted by atomic mass is 35.5. The lowest BCUT2D eigenvalue weighted by Crippen LogP contribution is -2.44. The van der Waals surface area contributed by atoms with Crippen molar-refractivity contribution in [1.82, 2.24) is 15.2 Å². The lowest BCUT2D eigenvalue weighted by Gasteiger charge is -2.45. The van der Waals surface area contributed by atoms with E-state index in [1.807, 2.05) is 30.5 Å². The number of hydrogen-bond donors (Lipinski definition) is 2. The van der Waals surface area contributed by atoms with Gasteiger partial charge >= 0.3 is 0 Å². The van der Waals surface area contributed by atoms with Crippen molar-refractivity contribution >= 4 is 29.2 Å². The lowest BCUT2D eigenvalue weighted by molar-refractivity contribution is -0.122. The molecule has 0 radical (unpaired) electrons. The molecule has 172 valence electrons. The Morgan fingerprint density at radius 1 is 1.12 bits per heavy atom. The van der Waals surface area contributed by atoms with Crippen molar-refractivity contribution in [2.75, 3.05) is 20.6 Å². The summed E-state index contributed by atoms with van der Waals surface area (Å²) in [5, 5.41) is 4.34. The second kappa shape index (κ2) is 10.5. The molecule has 32 heavy (non-hydrogen) atoms. The molecule has 6 heteroatoms. The highest BCUT2D eigenvalue weighted by Crippen LogP contribution is 2.43. The summed E-state index contributed by atoms with van der Waals surface area (Å²) in [7, 11) is 4.20. The van der Waals surface area contributed by atoms with Crippen molar-refractivity contribution in [3.8, 4) is 0 Å². The minimum absolute atomic E-state index is 0. The molecule has 1 aliphatic carbocycles. The van der Waals surface area contributed by atoms with Crippen molar-refractivity contribution < 1.29 is 9.18 Å². The number of hydrogen-bond acceptors (Lipinski definition) is 2. The SMILES string of the molecule is CN(C)C1(c2ccc(F)cc2)CCC(CC(=O)NCCc2c[nH]c3ccccc23)CC1.Cl. The molecule has 0 bridgehead atoms. The van der Waals surface area contributed by atoms with Gasteiger partial charge in [0.05, 0.1) is 0 Å². The molecule has 3 aromatic rings. The first kappa shape index (κ1) is 24.3. The van der Waals surface area contributed by atoms with Crippen molar-refractivity contribution in [1.29, 1.82) is 0 Å². The summed E-state index contributed by atoms with van der Waals surface area (Å²) >= 11 is 0. The summed E-state index contributed by atoms with van der Waals surface area (Å²) in [6.45, 7) is 0.657. The minimum Gasteiger partial charge on any atom is -0.361 e. The third-order valence-electron chi connectivity index (χ3n) is 7.04. The van der Waals surface area contributed by atoms with Crippen LogP contribution in [-0.4, -0.2) is 36.4 Å². The maximum Gasteiger partial charge on any atom is 0.220 e. The number of fused-ring (bicyclic) bond motifs is 1. The molecular weight excluding hydrogens is 425 g/mol. The van der Waals surface area contributed by atoms with Crippen LogP contribution in [0.2, 0.25) is 0 Å². The number of aromatic amines is 1. The topological polar surface area (TPSA) is 48.1 Å². The summed E-state index contributed by atoms with van der Waals surface area (Å²) < 4.78 is 13.4. The summed E-state index contributed by atoms with van der Waals surface area (Å²) in [4.78, 5) is 18.1. The molecule has 4 rings (SSSR count). The Morgan fingerprint density at radius 3 is 2.50 bits per heavy atom. The van der Waals surface area contributed by atoms with Crippen LogP contribution in [0.15, 0.2) is 54.7 Å². The Balaban J connectivity index is 0.00000289. The fourth-order valence-electron chi connectivity index (χ4n) is 5.12. The maximum absolute atomic E-state index is 13.4. The molecule has 1 heterocycles. The van der Waals surface area contributed by atoms with Crippen molar-refractivity contribution in [2.24, 2.45) is 5.92 Å². The monoisotopic (exact) mass is 457 g/mol. The fraction of sp³-hybridized carbons (Fsp3) is 0.423. The van der Waals surface area contributed by atoms with Crippen LogP contribution in [0, 0.1) is 11.7 Å². The summed E-state index contributed by atoms with van der Waals surface area (Å²) in [6, 6.07) is 15.2. The Hall–Kier alpha value is -2.37. The molecule has 2 aromatic carbocycles. The maximum atomic E-state index is 13.4. The summed E-state index contributed by atoms with van der Waals surface area (Å²) in [5.41, 5.74) is 3.47. The van der Waals surface area contributed by atoms with Gasteiger partial charge in [0.25, 0.3) is 0 Å². The molecule has 0 saturated heterocycles. The molecule has 4 nitrogen and oxygen atoms in total. The first-order valence-electron chi connectivity index (χ1n) is 11.2. The van der Waals surface area contributed by atoms with E-state index >= 15 is 0 Å². The van der Waals surface area contributed by atoms with E-state index in [9.17, 15) is 9.18 Å². The number of amides is 1. The molecule has 1 amide bonds. The number of para-hydroxylation sites is 1. The number of carbonyl (C=O) groups is 1. The summed E-state index contributed by atoms with van der Waals surface area (Å²) in [5.74, 6) is 0.348. The van der Waals surface area contributed by atoms with Crippen LogP contribution in [0.25, 0.3) is 10.9 Å². The average Bonchev–Trinajstić information content (AvgIpc) is 3.18. The van der Waals surface area contributed by atoms with E-state index in [-0.39, 0.29) is 29.7 Å². The molecule has 1 fully saturated rings. The van der Waals surface area contributed by atoms with Gasteiger partial charge in [0.15, 0.2) is 0 Å². The highest BCUT2D eigenvalue weighted by Gasteiger charge is 2.39. The zero-order valence-electron chi connectivity index (χ0n) is 18.9. The van der Waals surface area contributed by atoms with E-state index in [2.05, 4.69) is 41.4 Å². The van der Waals surface area contributed by atoms with Gasteiger partial charge in [-0.05, 0) is 81.4 Å². The van der Waals surface area contributed by atoms with Gasteiger partial charge in [-0.1, -0.05) is 30.3 Å². The minimum atomic E-state index is -0.198. The Morgan fingerprint density at radius 2 is 1.81 bits per heavy atom. The molecular formula is C26H33ClFN3O. The standard InChI is InChI=1S/C26H32FN3O.ClH/c1-30(2)26(21-7-9-22(27)10-8-21)14-11-19(12-15-26)17-25(31)28-16-13-20-18-29-24-6-4-3-5-23(20)24;/h3-10,18-19,29H,11-17H2,1-2H3,(H,28,31);1H. The van der Waals surface area contributed by atoms with Gasteiger partial charge in [-0.2, -0.15) is 0 Å². The molecule has 0 unspecified atom stereocenters. The third kappa shape index (κ3) is 5.16. The van der Waals surface area contributed by atoms with Gasteiger partial charge in [-0.3, -0.25) is 9.69 Å². The van der Waals surface area contributed by atoms with E-state index in [1.165, 1.54) is 16.5 Å². The van der Waals surface area contributed by atoms with Crippen molar-refractivity contribution in [3.05, 3.63) is 71.7 Å². The van der Waals surface area contributed by atoms with E-state index in [0.717, 1.165) is 37.6 Å². The normalized spacial score (nSPS) is 20.8. The van der Waals surface area contributed by atoms with E-state index in [4.69, 9.17) is 0 Å². The van der Waals surface area contributed by atoms with Crippen LogP contribution in [0.5, 0.6) is 0 Å². The molecule has 2 N–H and O–H groups in total. The van der Waals surface area contributed by atoms with E-state index < -0.39 is 0 Å². The number of halogens is 2. The lowest BCUT2D eigenvalue weighted by atomic mass is 9.71. The number of nitrogens with zero attached hydrogens (tertiary/aromatic N) is 1. The zero-order valence-corrected chi connectivity index (χ0v) is 19.7. The van der Waals surface area contributed by atoms with Gasteiger partial charge in [-0.25, -0.2) is 4.39 Å². The average molecular weight is 458 g/mol. The molecule has 0 atom stereocenters. The smallest absolute Gasteiger partial charge is 0.220 e. The Labute approximate surface area is 196 Å². The molecule has 0 aliphatic heterocycles. The number of aromatic nitrogens is 1. The predicted molar refractivity (Wildman–Crippen MR) is 131 cm³/mol. The van der Waals surface area contributed by atoms with Crippen LogP contribution < -0.4 is 5.32 Å². The van der Waals surface area contributed by atoms with Crippen molar-refractivity contribution in [3.63, 3.8) is 0 Å². The largest absolute Gasteiger partial charge is 0.361 e. The first-order valence-corrected chi connectivity index (χ1v) is 11.2. The fourth-order valence-corrected chi connectivity index (χ4v) is 5.12. The van der Waals surface area contributed by atoms with Gasteiger partial charge in [0.2, 0.25) is 5.91 Å². The second-order valence-electron chi connectivity index (χ2n) is 9.04. The Bertz CT molecular complexity index is 1020. The molecule has 1 aromatic heterocycles. The number of carbonyl (C=O) groups excluding carboxylic acids is 1. The number of rotatable bonds is 7. The van der Waals surface area contributed by atoms with Crippen LogP contribution >= 0.6 is 12.4 Å². The zero-order chi connectivity index (χ0) is 21.8. The third-order valence-corrected chi connectivity index (χ3v) is 7.04. The van der Waals surface area contributed by atoms with Gasteiger partial charge in [0, 0.05) is 35.6 Å². The van der Waals surface area contributed by atoms with Crippen LogP contribution in [0.4, 0.5) is 4.39 Å². The van der Waals surface area contributed by atoms with Gasteiger partial charge in [0.1, 0.15) is 5.82 Å². The predicted octanol–water partition coefficient (Wildman–Crippen LogP) is 5.42. The second-order valence-corrected chi connectivity index (χ2v) is 9.04. The van der Waals surface area contributed by atoms with Crippen LogP contribution in [0.1, 0.15) is 43.2 Å². The molecule has 1 aliphatic rings.